The normalized spacial score (nSPS) is 12.9. The summed E-state index contributed by atoms with van der Waals surface area (Å²) in [5, 5.41) is 20.7. The maximum Gasteiger partial charge on any atom is 0.157 e. The van der Waals surface area contributed by atoms with E-state index in [-0.39, 0.29) is 17.5 Å². The van der Waals surface area contributed by atoms with Crippen LogP contribution in [-0.4, -0.2) is 34.5 Å². The predicted molar refractivity (Wildman–Crippen MR) is 71.6 cm³/mol. The van der Waals surface area contributed by atoms with Gasteiger partial charge >= 0.3 is 0 Å². The van der Waals surface area contributed by atoms with Gasteiger partial charge < -0.3 is 10.2 Å². The Balaban J connectivity index is 2.66. The molecular formula is C14H23NO3. The molecule has 0 aliphatic carbocycles. The molecule has 0 fully saturated rings. The van der Waals surface area contributed by atoms with Gasteiger partial charge in [0.05, 0.1) is 6.61 Å². The standard InChI is InChI=1S/C14H23NO3/c1-4-8-15(18-5-2)11(3)9-12-6-7-13(16)14(17)10-12/h6-7,10-11,16-17H,4-5,8-9H2,1-3H3. The lowest BCUT2D eigenvalue weighted by atomic mass is 10.1. The number of phenolic OH excluding ortho intramolecular Hbond substituents is 2. The van der Waals surface area contributed by atoms with Crippen molar-refractivity contribution in [3.8, 4) is 11.5 Å². The van der Waals surface area contributed by atoms with E-state index in [9.17, 15) is 10.2 Å². The van der Waals surface area contributed by atoms with Crippen LogP contribution in [0.2, 0.25) is 0 Å². The van der Waals surface area contributed by atoms with Gasteiger partial charge in [0.2, 0.25) is 0 Å². The maximum atomic E-state index is 9.46. The molecule has 0 amide bonds. The molecule has 0 radical (unpaired) electrons. The minimum Gasteiger partial charge on any atom is -0.504 e. The van der Waals surface area contributed by atoms with Crippen molar-refractivity contribution >= 4 is 0 Å². The fraction of sp³-hybridized carbons (Fsp3) is 0.571. The zero-order valence-electron chi connectivity index (χ0n) is 11.4. The summed E-state index contributed by atoms with van der Waals surface area (Å²) in [5.74, 6) is -0.153. The lowest BCUT2D eigenvalue weighted by Gasteiger charge is -2.27. The van der Waals surface area contributed by atoms with E-state index in [0.717, 1.165) is 24.9 Å². The van der Waals surface area contributed by atoms with Gasteiger partial charge in [-0.25, -0.2) is 0 Å². The van der Waals surface area contributed by atoms with Crippen molar-refractivity contribution < 1.29 is 15.1 Å². The average Bonchev–Trinajstić information content (AvgIpc) is 2.33. The Morgan fingerprint density at radius 2 is 1.94 bits per heavy atom. The fourth-order valence-corrected chi connectivity index (χ4v) is 1.94. The highest BCUT2D eigenvalue weighted by molar-refractivity contribution is 5.40. The third-order valence-electron chi connectivity index (χ3n) is 2.80. The summed E-state index contributed by atoms with van der Waals surface area (Å²) in [6.45, 7) is 7.73. The first-order chi connectivity index (χ1) is 8.58. The van der Waals surface area contributed by atoms with E-state index >= 15 is 0 Å². The van der Waals surface area contributed by atoms with Crippen molar-refractivity contribution in [1.29, 1.82) is 0 Å². The fourth-order valence-electron chi connectivity index (χ4n) is 1.94. The zero-order chi connectivity index (χ0) is 13.5. The highest BCUT2D eigenvalue weighted by Gasteiger charge is 2.14. The highest BCUT2D eigenvalue weighted by Crippen LogP contribution is 2.25. The van der Waals surface area contributed by atoms with Crippen LogP contribution in [0.1, 0.15) is 32.8 Å². The summed E-state index contributed by atoms with van der Waals surface area (Å²) >= 11 is 0. The topological polar surface area (TPSA) is 52.9 Å². The quantitative estimate of drug-likeness (QED) is 0.579. The zero-order valence-corrected chi connectivity index (χ0v) is 11.4. The molecule has 0 spiro atoms. The smallest absolute Gasteiger partial charge is 0.157 e. The van der Waals surface area contributed by atoms with E-state index in [1.165, 1.54) is 6.07 Å². The Kier molecular flexibility index (Phi) is 5.95. The van der Waals surface area contributed by atoms with Gasteiger partial charge in [0.25, 0.3) is 0 Å². The monoisotopic (exact) mass is 253 g/mol. The van der Waals surface area contributed by atoms with Crippen LogP contribution in [-0.2, 0) is 11.3 Å². The molecule has 1 aromatic carbocycles. The first kappa shape index (κ1) is 14.8. The Bertz CT molecular complexity index is 362. The van der Waals surface area contributed by atoms with E-state index in [2.05, 4.69) is 13.8 Å². The minimum absolute atomic E-state index is 0.0712. The number of phenols is 2. The van der Waals surface area contributed by atoms with Gasteiger partial charge in [0.1, 0.15) is 0 Å². The average molecular weight is 253 g/mol. The van der Waals surface area contributed by atoms with Crippen molar-refractivity contribution in [3.05, 3.63) is 23.8 Å². The third-order valence-corrected chi connectivity index (χ3v) is 2.80. The van der Waals surface area contributed by atoms with Crippen LogP contribution in [0, 0.1) is 0 Å². The number of nitrogens with zero attached hydrogens (tertiary/aromatic N) is 1. The molecule has 4 heteroatoms. The second kappa shape index (κ2) is 7.24. The maximum absolute atomic E-state index is 9.46. The van der Waals surface area contributed by atoms with E-state index in [4.69, 9.17) is 4.84 Å². The summed E-state index contributed by atoms with van der Waals surface area (Å²) in [6.07, 6.45) is 1.80. The number of rotatable bonds is 7. The van der Waals surface area contributed by atoms with E-state index < -0.39 is 0 Å². The van der Waals surface area contributed by atoms with Gasteiger partial charge in [-0.15, -0.1) is 0 Å². The number of hydroxylamine groups is 2. The molecule has 18 heavy (non-hydrogen) atoms. The Labute approximate surface area is 109 Å². The molecule has 4 nitrogen and oxygen atoms in total. The van der Waals surface area contributed by atoms with Crippen molar-refractivity contribution in [3.63, 3.8) is 0 Å². The molecule has 0 saturated heterocycles. The molecule has 0 saturated carbocycles. The van der Waals surface area contributed by atoms with Crippen LogP contribution in [0.25, 0.3) is 0 Å². The Morgan fingerprint density at radius 1 is 1.22 bits per heavy atom. The van der Waals surface area contributed by atoms with Crippen LogP contribution < -0.4 is 0 Å². The van der Waals surface area contributed by atoms with E-state index in [1.54, 1.807) is 6.07 Å². The molecule has 0 heterocycles. The summed E-state index contributed by atoms with van der Waals surface area (Å²) in [6, 6.07) is 5.17. The molecule has 1 atom stereocenters. The van der Waals surface area contributed by atoms with Crippen LogP contribution in [0.5, 0.6) is 11.5 Å². The Morgan fingerprint density at radius 3 is 2.50 bits per heavy atom. The molecule has 1 unspecified atom stereocenters. The summed E-state index contributed by atoms with van der Waals surface area (Å²) in [7, 11) is 0. The molecule has 1 rings (SSSR count). The predicted octanol–water partition coefficient (Wildman–Crippen LogP) is 2.69. The van der Waals surface area contributed by atoms with Crippen molar-refractivity contribution in [2.75, 3.05) is 13.2 Å². The molecule has 0 aromatic heterocycles. The second-order valence-electron chi connectivity index (χ2n) is 4.43. The Hall–Kier alpha value is -1.26. The minimum atomic E-state index is -0.0818. The lowest BCUT2D eigenvalue weighted by Crippen LogP contribution is -2.35. The molecule has 102 valence electrons. The summed E-state index contributed by atoms with van der Waals surface area (Å²) in [4.78, 5) is 5.59. The van der Waals surface area contributed by atoms with Crippen molar-refractivity contribution in [1.82, 2.24) is 5.06 Å². The van der Waals surface area contributed by atoms with Gasteiger partial charge in [0.15, 0.2) is 11.5 Å². The third kappa shape index (κ3) is 4.20. The number of benzene rings is 1. The molecule has 2 N–H and O–H groups in total. The first-order valence-corrected chi connectivity index (χ1v) is 6.48. The van der Waals surface area contributed by atoms with Crippen molar-refractivity contribution in [2.24, 2.45) is 0 Å². The highest BCUT2D eigenvalue weighted by atomic mass is 16.7. The largest absolute Gasteiger partial charge is 0.504 e. The van der Waals surface area contributed by atoms with E-state index in [1.807, 2.05) is 18.1 Å². The van der Waals surface area contributed by atoms with Gasteiger partial charge in [-0.3, -0.25) is 4.84 Å². The van der Waals surface area contributed by atoms with Crippen LogP contribution >= 0.6 is 0 Å². The number of hydrogen-bond donors (Lipinski definition) is 2. The van der Waals surface area contributed by atoms with Gasteiger partial charge in [-0.1, -0.05) is 13.0 Å². The molecule has 0 aliphatic rings. The molecular weight excluding hydrogens is 230 g/mol. The van der Waals surface area contributed by atoms with Gasteiger partial charge in [-0.2, -0.15) is 5.06 Å². The molecule has 1 aromatic rings. The summed E-state index contributed by atoms with van der Waals surface area (Å²) in [5.41, 5.74) is 0.985. The molecule has 0 aliphatic heterocycles. The first-order valence-electron chi connectivity index (χ1n) is 6.48. The van der Waals surface area contributed by atoms with Crippen LogP contribution in [0.15, 0.2) is 18.2 Å². The molecule has 0 bridgehead atoms. The SMILES string of the molecule is CCCN(OCC)C(C)Cc1ccc(O)c(O)c1. The number of aromatic hydroxyl groups is 2. The number of hydrogen-bond acceptors (Lipinski definition) is 4. The van der Waals surface area contributed by atoms with E-state index in [0.29, 0.717) is 6.61 Å². The van der Waals surface area contributed by atoms with Gasteiger partial charge in [-0.05, 0) is 44.4 Å². The second-order valence-corrected chi connectivity index (χ2v) is 4.43. The lowest BCUT2D eigenvalue weighted by molar-refractivity contribution is -0.178. The summed E-state index contributed by atoms with van der Waals surface area (Å²) < 4.78 is 0. The van der Waals surface area contributed by atoms with Crippen LogP contribution in [0.4, 0.5) is 0 Å². The van der Waals surface area contributed by atoms with Gasteiger partial charge in [0, 0.05) is 12.6 Å². The van der Waals surface area contributed by atoms with Crippen LogP contribution in [0.3, 0.4) is 0 Å². The van der Waals surface area contributed by atoms with Crippen molar-refractivity contribution in [2.45, 2.75) is 39.7 Å².